The van der Waals surface area contributed by atoms with Crippen molar-refractivity contribution in [3.8, 4) is 0 Å². The number of nitrogens with zero attached hydrogens (tertiary/aromatic N) is 2. The van der Waals surface area contributed by atoms with E-state index in [0.29, 0.717) is 11.4 Å². The standard InChI is InChI=1S/C13H20N4O2S/c1-14-11-3-2-4-12(13(11)17(18)19)15-5-6-16-7-9-20-10-8-16/h2-4,14-15H,5-10H2,1H3. The highest BCUT2D eigenvalue weighted by Crippen LogP contribution is 2.32. The van der Waals surface area contributed by atoms with E-state index in [9.17, 15) is 10.1 Å². The van der Waals surface area contributed by atoms with Crippen molar-refractivity contribution in [3.63, 3.8) is 0 Å². The zero-order valence-electron chi connectivity index (χ0n) is 11.6. The van der Waals surface area contributed by atoms with Gasteiger partial charge in [-0.3, -0.25) is 15.0 Å². The molecule has 2 N–H and O–H groups in total. The van der Waals surface area contributed by atoms with Gasteiger partial charge in [0, 0.05) is 44.7 Å². The van der Waals surface area contributed by atoms with E-state index in [0.717, 1.165) is 26.2 Å². The summed E-state index contributed by atoms with van der Waals surface area (Å²) in [6, 6.07) is 5.29. The third kappa shape index (κ3) is 3.77. The Morgan fingerprint density at radius 2 is 2.05 bits per heavy atom. The van der Waals surface area contributed by atoms with Gasteiger partial charge in [-0.05, 0) is 12.1 Å². The zero-order valence-corrected chi connectivity index (χ0v) is 12.4. The lowest BCUT2D eigenvalue weighted by Crippen LogP contribution is -2.36. The maximum atomic E-state index is 11.2. The molecule has 1 heterocycles. The summed E-state index contributed by atoms with van der Waals surface area (Å²) >= 11 is 1.98. The summed E-state index contributed by atoms with van der Waals surface area (Å²) in [5.74, 6) is 2.35. The van der Waals surface area contributed by atoms with E-state index in [4.69, 9.17) is 0 Å². The van der Waals surface area contributed by atoms with Crippen molar-refractivity contribution in [2.75, 3.05) is 55.4 Å². The third-order valence-corrected chi connectivity index (χ3v) is 4.28. The second-order valence-electron chi connectivity index (χ2n) is 4.59. The lowest BCUT2D eigenvalue weighted by atomic mass is 10.2. The molecule has 6 nitrogen and oxygen atoms in total. The Balaban J connectivity index is 1.96. The molecule has 0 spiro atoms. The summed E-state index contributed by atoms with van der Waals surface area (Å²) in [6.45, 7) is 3.84. The summed E-state index contributed by atoms with van der Waals surface area (Å²) in [7, 11) is 1.69. The van der Waals surface area contributed by atoms with Crippen LogP contribution in [0.15, 0.2) is 18.2 Å². The molecule has 1 fully saturated rings. The van der Waals surface area contributed by atoms with E-state index in [2.05, 4.69) is 15.5 Å². The summed E-state index contributed by atoms with van der Waals surface area (Å²) in [5.41, 5.74) is 1.23. The zero-order chi connectivity index (χ0) is 14.4. The Bertz CT molecular complexity index is 464. The van der Waals surface area contributed by atoms with Crippen LogP contribution in [-0.2, 0) is 0 Å². The SMILES string of the molecule is CNc1cccc(NCCN2CCSCC2)c1[N+](=O)[O-]. The first-order chi connectivity index (χ1) is 9.72. The predicted octanol–water partition coefficient (Wildman–Crippen LogP) is 2.10. The molecule has 0 aromatic heterocycles. The van der Waals surface area contributed by atoms with Crippen LogP contribution in [-0.4, -0.2) is 54.6 Å². The van der Waals surface area contributed by atoms with Crippen LogP contribution in [0.3, 0.4) is 0 Å². The highest BCUT2D eigenvalue weighted by Gasteiger charge is 2.18. The molecule has 2 rings (SSSR count). The second kappa shape index (κ2) is 7.35. The van der Waals surface area contributed by atoms with Gasteiger partial charge in [-0.15, -0.1) is 0 Å². The molecule has 0 bridgehead atoms. The number of para-hydroxylation sites is 1. The Labute approximate surface area is 123 Å². The van der Waals surface area contributed by atoms with Gasteiger partial charge in [-0.1, -0.05) is 6.07 Å². The molecule has 20 heavy (non-hydrogen) atoms. The minimum absolute atomic E-state index is 0.115. The summed E-state index contributed by atoms with van der Waals surface area (Å²) in [4.78, 5) is 13.2. The fraction of sp³-hybridized carbons (Fsp3) is 0.538. The number of anilines is 2. The smallest absolute Gasteiger partial charge is 0.315 e. The van der Waals surface area contributed by atoms with Gasteiger partial charge >= 0.3 is 5.69 Å². The lowest BCUT2D eigenvalue weighted by Gasteiger charge is -2.26. The van der Waals surface area contributed by atoms with Crippen LogP contribution in [0.25, 0.3) is 0 Å². The molecule has 0 atom stereocenters. The van der Waals surface area contributed by atoms with Crippen LogP contribution in [0.1, 0.15) is 0 Å². The van der Waals surface area contributed by atoms with E-state index in [-0.39, 0.29) is 10.6 Å². The van der Waals surface area contributed by atoms with E-state index in [1.807, 2.05) is 17.8 Å². The first-order valence-electron chi connectivity index (χ1n) is 6.71. The number of nitro groups is 1. The number of nitro benzene ring substituents is 1. The number of benzene rings is 1. The second-order valence-corrected chi connectivity index (χ2v) is 5.81. The van der Waals surface area contributed by atoms with Crippen molar-refractivity contribution >= 4 is 28.8 Å². The predicted molar refractivity (Wildman–Crippen MR) is 84.9 cm³/mol. The maximum Gasteiger partial charge on any atom is 0.315 e. The highest BCUT2D eigenvalue weighted by atomic mass is 32.2. The fourth-order valence-corrected chi connectivity index (χ4v) is 3.24. The minimum Gasteiger partial charge on any atom is -0.382 e. The summed E-state index contributed by atoms with van der Waals surface area (Å²) < 4.78 is 0. The molecule has 110 valence electrons. The molecule has 0 unspecified atom stereocenters. The van der Waals surface area contributed by atoms with Crippen LogP contribution in [0.2, 0.25) is 0 Å². The van der Waals surface area contributed by atoms with Crippen molar-refractivity contribution < 1.29 is 4.92 Å². The van der Waals surface area contributed by atoms with Crippen molar-refractivity contribution in [1.82, 2.24) is 4.90 Å². The van der Waals surface area contributed by atoms with E-state index >= 15 is 0 Å². The van der Waals surface area contributed by atoms with Crippen molar-refractivity contribution in [2.45, 2.75) is 0 Å². The van der Waals surface area contributed by atoms with Gasteiger partial charge in [0.1, 0.15) is 11.4 Å². The monoisotopic (exact) mass is 296 g/mol. The van der Waals surface area contributed by atoms with Crippen molar-refractivity contribution in [2.24, 2.45) is 0 Å². The lowest BCUT2D eigenvalue weighted by molar-refractivity contribution is -0.383. The molecular formula is C13H20N4O2S. The molecule has 0 radical (unpaired) electrons. The van der Waals surface area contributed by atoms with E-state index < -0.39 is 0 Å². The molecule has 7 heteroatoms. The number of hydrogen-bond donors (Lipinski definition) is 2. The number of rotatable bonds is 6. The van der Waals surface area contributed by atoms with Gasteiger partial charge in [-0.2, -0.15) is 11.8 Å². The molecule has 0 saturated carbocycles. The highest BCUT2D eigenvalue weighted by molar-refractivity contribution is 7.99. The van der Waals surface area contributed by atoms with Crippen LogP contribution < -0.4 is 10.6 Å². The Hall–Kier alpha value is -1.47. The van der Waals surface area contributed by atoms with Gasteiger partial charge in [0.2, 0.25) is 0 Å². The number of hydrogen-bond acceptors (Lipinski definition) is 6. The third-order valence-electron chi connectivity index (χ3n) is 3.34. The average Bonchev–Trinajstić information content (AvgIpc) is 2.47. The molecule has 1 aliphatic rings. The molecule has 1 aromatic carbocycles. The normalized spacial score (nSPS) is 15.8. The first-order valence-corrected chi connectivity index (χ1v) is 7.87. The van der Waals surface area contributed by atoms with Crippen LogP contribution >= 0.6 is 11.8 Å². The number of thioether (sulfide) groups is 1. The van der Waals surface area contributed by atoms with Gasteiger partial charge in [0.25, 0.3) is 0 Å². The van der Waals surface area contributed by atoms with Crippen molar-refractivity contribution in [1.29, 1.82) is 0 Å². The molecule has 1 aromatic rings. The van der Waals surface area contributed by atoms with Crippen LogP contribution in [0.4, 0.5) is 17.1 Å². The topological polar surface area (TPSA) is 70.4 Å². The van der Waals surface area contributed by atoms with Gasteiger partial charge in [0.15, 0.2) is 0 Å². The first kappa shape index (κ1) is 14.9. The minimum atomic E-state index is -0.342. The largest absolute Gasteiger partial charge is 0.382 e. The average molecular weight is 296 g/mol. The van der Waals surface area contributed by atoms with Gasteiger partial charge in [-0.25, -0.2) is 0 Å². The van der Waals surface area contributed by atoms with Crippen molar-refractivity contribution in [3.05, 3.63) is 28.3 Å². The van der Waals surface area contributed by atoms with Crippen LogP contribution in [0, 0.1) is 10.1 Å². The summed E-state index contributed by atoms with van der Waals surface area (Å²) in [5, 5.41) is 17.2. The van der Waals surface area contributed by atoms with Gasteiger partial charge in [0.05, 0.1) is 4.92 Å². The fourth-order valence-electron chi connectivity index (χ4n) is 2.26. The van der Waals surface area contributed by atoms with E-state index in [1.54, 1.807) is 19.2 Å². The summed E-state index contributed by atoms with van der Waals surface area (Å²) in [6.07, 6.45) is 0. The molecule has 0 amide bonds. The molecule has 1 aliphatic heterocycles. The van der Waals surface area contributed by atoms with Gasteiger partial charge < -0.3 is 10.6 Å². The Morgan fingerprint density at radius 3 is 2.70 bits per heavy atom. The molecule has 0 aliphatic carbocycles. The van der Waals surface area contributed by atoms with Crippen LogP contribution in [0.5, 0.6) is 0 Å². The van der Waals surface area contributed by atoms with E-state index in [1.165, 1.54) is 11.5 Å². The maximum absolute atomic E-state index is 11.2. The Kier molecular flexibility index (Phi) is 5.49. The molecule has 1 saturated heterocycles. The molecular weight excluding hydrogens is 276 g/mol. The quantitative estimate of drug-likeness (QED) is 0.619. The Morgan fingerprint density at radius 1 is 1.35 bits per heavy atom. The number of nitrogens with one attached hydrogen (secondary N) is 2.